The fraction of sp³-hybridized carbons (Fsp3) is 0.417. The average molecular weight is 390 g/mol. The standard InChI is InChI=1S/C24H26N2O3/c1-29-19-11-9-18(10-12-19)24(13-14-24)23(28)26-16-4-15-25(22(27)17-7-8-17)20-5-2-3-6-21(20)26/h2-3,5-6,9-12,17H,4,7-8,13-16H2,1H3. The quantitative estimate of drug-likeness (QED) is 0.795. The third-order valence-electron chi connectivity index (χ3n) is 6.47. The number of fused-ring (bicyclic) bond motifs is 1. The lowest BCUT2D eigenvalue weighted by molar-refractivity contribution is -0.121. The molecule has 0 unspecified atom stereocenters. The molecule has 2 aliphatic carbocycles. The molecule has 5 nitrogen and oxygen atoms in total. The zero-order valence-corrected chi connectivity index (χ0v) is 16.8. The van der Waals surface area contributed by atoms with Crippen LogP contribution in [-0.2, 0) is 15.0 Å². The summed E-state index contributed by atoms with van der Waals surface area (Å²) in [5.41, 5.74) is 2.34. The highest BCUT2D eigenvalue weighted by atomic mass is 16.5. The molecule has 1 aliphatic heterocycles. The van der Waals surface area contributed by atoms with E-state index in [0.29, 0.717) is 13.1 Å². The summed E-state index contributed by atoms with van der Waals surface area (Å²) in [7, 11) is 1.65. The first-order valence-electron chi connectivity index (χ1n) is 10.5. The van der Waals surface area contributed by atoms with Crippen LogP contribution < -0.4 is 14.5 Å². The van der Waals surface area contributed by atoms with E-state index >= 15 is 0 Å². The van der Waals surface area contributed by atoms with E-state index < -0.39 is 5.41 Å². The molecule has 2 saturated carbocycles. The van der Waals surface area contributed by atoms with E-state index in [-0.39, 0.29) is 17.7 Å². The Kier molecular flexibility index (Phi) is 4.34. The molecule has 0 N–H and O–H groups in total. The SMILES string of the molecule is COc1ccc(C2(C(=O)N3CCCN(C(=O)C4CC4)c4ccccc43)CC2)cc1. The summed E-state index contributed by atoms with van der Waals surface area (Å²) in [5.74, 6) is 1.32. The van der Waals surface area contributed by atoms with Gasteiger partial charge in [-0.05, 0) is 61.9 Å². The molecule has 2 aromatic carbocycles. The molecular weight excluding hydrogens is 364 g/mol. The van der Waals surface area contributed by atoms with Crippen molar-refractivity contribution >= 4 is 23.2 Å². The summed E-state index contributed by atoms with van der Waals surface area (Å²) < 4.78 is 5.27. The van der Waals surface area contributed by atoms with E-state index in [0.717, 1.165) is 54.8 Å². The van der Waals surface area contributed by atoms with Crippen LogP contribution in [0.2, 0.25) is 0 Å². The van der Waals surface area contributed by atoms with E-state index in [1.165, 1.54) is 0 Å². The Morgan fingerprint density at radius 1 is 0.931 bits per heavy atom. The van der Waals surface area contributed by atoms with Crippen LogP contribution in [-0.4, -0.2) is 32.0 Å². The zero-order chi connectivity index (χ0) is 20.0. The summed E-state index contributed by atoms with van der Waals surface area (Å²) in [6.45, 7) is 1.31. The number of nitrogens with zero attached hydrogens (tertiary/aromatic N) is 2. The third-order valence-corrected chi connectivity index (χ3v) is 6.47. The van der Waals surface area contributed by atoms with E-state index in [1.54, 1.807) is 7.11 Å². The topological polar surface area (TPSA) is 49.9 Å². The number of rotatable bonds is 4. The first-order valence-corrected chi connectivity index (χ1v) is 10.5. The molecule has 0 spiro atoms. The van der Waals surface area contributed by atoms with Crippen LogP contribution in [0.4, 0.5) is 11.4 Å². The van der Waals surface area contributed by atoms with Crippen LogP contribution in [0.5, 0.6) is 5.75 Å². The molecule has 5 heteroatoms. The lowest BCUT2D eigenvalue weighted by Gasteiger charge is -2.29. The largest absolute Gasteiger partial charge is 0.497 e. The Labute approximate surface area is 171 Å². The molecule has 0 bridgehead atoms. The minimum Gasteiger partial charge on any atom is -0.497 e. The van der Waals surface area contributed by atoms with Crippen LogP contribution in [0.3, 0.4) is 0 Å². The summed E-state index contributed by atoms with van der Waals surface area (Å²) in [5, 5.41) is 0. The van der Waals surface area contributed by atoms with Crippen LogP contribution in [0.15, 0.2) is 48.5 Å². The van der Waals surface area contributed by atoms with Crippen molar-refractivity contribution in [2.75, 3.05) is 30.0 Å². The molecule has 0 saturated heterocycles. The third kappa shape index (κ3) is 3.09. The van der Waals surface area contributed by atoms with Gasteiger partial charge in [-0.15, -0.1) is 0 Å². The summed E-state index contributed by atoms with van der Waals surface area (Å²) in [4.78, 5) is 30.5. The highest BCUT2D eigenvalue weighted by Crippen LogP contribution is 2.51. The van der Waals surface area contributed by atoms with Crippen molar-refractivity contribution < 1.29 is 14.3 Å². The fourth-order valence-corrected chi connectivity index (χ4v) is 4.46. The maximum atomic E-state index is 13.8. The molecule has 0 aromatic heterocycles. The zero-order valence-electron chi connectivity index (χ0n) is 16.8. The van der Waals surface area contributed by atoms with Crippen LogP contribution >= 0.6 is 0 Å². The number of hydrogen-bond acceptors (Lipinski definition) is 3. The van der Waals surface area contributed by atoms with Gasteiger partial charge in [0.1, 0.15) is 5.75 Å². The van der Waals surface area contributed by atoms with Gasteiger partial charge < -0.3 is 14.5 Å². The Morgan fingerprint density at radius 3 is 2.14 bits per heavy atom. The number of hydrogen-bond donors (Lipinski definition) is 0. The maximum absolute atomic E-state index is 13.8. The van der Waals surface area contributed by atoms with Crippen LogP contribution in [0.25, 0.3) is 0 Å². The Morgan fingerprint density at radius 2 is 1.55 bits per heavy atom. The van der Waals surface area contributed by atoms with Crippen molar-refractivity contribution in [3.8, 4) is 5.75 Å². The molecule has 3 aliphatic rings. The molecule has 2 fully saturated rings. The van der Waals surface area contributed by atoms with Crippen molar-refractivity contribution in [2.24, 2.45) is 5.92 Å². The molecule has 0 radical (unpaired) electrons. The van der Waals surface area contributed by atoms with Gasteiger partial charge in [0, 0.05) is 19.0 Å². The molecule has 2 amide bonds. The number of anilines is 2. The van der Waals surface area contributed by atoms with Crippen molar-refractivity contribution in [2.45, 2.75) is 37.5 Å². The average Bonchev–Trinajstić information content (AvgIpc) is 3.66. The van der Waals surface area contributed by atoms with Gasteiger partial charge in [0.2, 0.25) is 11.8 Å². The molecule has 29 heavy (non-hydrogen) atoms. The van der Waals surface area contributed by atoms with Gasteiger partial charge in [-0.2, -0.15) is 0 Å². The van der Waals surface area contributed by atoms with E-state index in [1.807, 2.05) is 58.3 Å². The van der Waals surface area contributed by atoms with E-state index in [2.05, 4.69) is 0 Å². The lowest BCUT2D eigenvalue weighted by atomic mass is 9.93. The number of ether oxygens (including phenoxy) is 1. The molecule has 150 valence electrons. The highest BCUT2D eigenvalue weighted by molar-refractivity contribution is 6.08. The number of carbonyl (C=O) groups is 2. The van der Waals surface area contributed by atoms with Gasteiger partial charge in [-0.3, -0.25) is 9.59 Å². The summed E-state index contributed by atoms with van der Waals surface area (Å²) in [6.07, 6.45) is 4.49. The minimum absolute atomic E-state index is 0.149. The Bertz CT molecular complexity index is 945. The Balaban J connectivity index is 1.48. The summed E-state index contributed by atoms with van der Waals surface area (Å²) in [6, 6.07) is 15.7. The van der Waals surface area contributed by atoms with Crippen molar-refractivity contribution in [3.63, 3.8) is 0 Å². The van der Waals surface area contributed by atoms with Gasteiger partial charge in [-0.1, -0.05) is 24.3 Å². The molecular formula is C24H26N2O3. The van der Waals surface area contributed by atoms with Gasteiger partial charge in [0.25, 0.3) is 0 Å². The smallest absolute Gasteiger partial charge is 0.237 e. The van der Waals surface area contributed by atoms with Crippen LogP contribution in [0.1, 0.15) is 37.7 Å². The number of methoxy groups -OCH3 is 1. The van der Waals surface area contributed by atoms with Gasteiger partial charge in [0.05, 0.1) is 23.9 Å². The predicted molar refractivity (Wildman–Crippen MR) is 112 cm³/mol. The molecule has 0 atom stereocenters. The summed E-state index contributed by atoms with van der Waals surface area (Å²) >= 11 is 0. The highest BCUT2D eigenvalue weighted by Gasteiger charge is 2.53. The van der Waals surface area contributed by atoms with Crippen molar-refractivity contribution in [1.82, 2.24) is 0 Å². The van der Waals surface area contributed by atoms with Crippen molar-refractivity contribution in [1.29, 1.82) is 0 Å². The van der Waals surface area contributed by atoms with E-state index in [9.17, 15) is 9.59 Å². The van der Waals surface area contributed by atoms with E-state index in [4.69, 9.17) is 4.74 Å². The molecule has 2 aromatic rings. The monoisotopic (exact) mass is 390 g/mol. The lowest BCUT2D eigenvalue weighted by Crippen LogP contribution is -2.40. The van der Waals surface area contributed by atoms with Gasteiger partial charge in [0.15, 0.2) is 0 Å². The van der Waals surface area contributed by atoms with Gasteiger partial charge in [-0.25, -0.2) is 0 Å². The maximum Gasteiger partial charge on any atom is 0.237 e. The first kappa shape index (κ1) is 18.2. The van der Waals surface area contributed by atoms with Crippen molar-refractivity contribution in [3.05, 3.63) is 54.1 Å². The second-order valence-corrected chi connectivity index (χ2v) is 8.37. The number of amides is 2. The Hall–Kier alpha value is -2.82. The molecule has 5 rings (SSSR count). The molecule has 1 heterocycles. The minimum atomic E-state index is -0.449. The first-order chi connectivity index (χ1) is 14.1. The predicted octanol–water partition coefficient (Wildman–Crippen LogP) is 3.91. The van der Waals surface area contributed by atoms with Gasteiger partial charge >= 0.3 is 0 Å². The number of benzene rings is 2. The fourth-order valence-electron chi connectivity index (χ4n) is 4.46. The van der Waals surface area contributed by atoms with Crippen LogP contribution in [0, 0.1) is 5.92 Å². The second kappa shape index (κ2) is 6.90. The number of carbonyl (C=O) groups excluding carboxylic acids is 2. The second-order valence-electron chi connectivity index (χ2n) is 8.37. The number of para-hydroxylation sites is 2. The normalized spacial score (nSPS) is 19.9.